The molecule has 0 unspecified atom stereocenters. The van der Waals surface area contributed by atoms with Crippen molar-refractivity contribution in [1.82, 2.24) is 10.2 Å². The van der Waals surface area contributed by atoms with E-state index in [0.717, 1.165) is 17.0 Å². The second-order valence-corrected chi connectivity index (χ2v) is 8.04. The highest BCUT2D eigenvalue weighted by Crippen LogP contribution is 2.26. The number of nitrogens with two attached hydrogens (primary N) is 1. The van der Waals surface area contributed by atoms with E-state index >= 15 is 0 Å². The number of sulfonamides is 1. The summed E-state index contributed by atoms with van der Waals surface area (Å²) in [6.45, 7) is 6.04. The summed E-state index contributed by atoms with van der Waals surface area (Å²) < 4.78 is 26.7. The fourth-order valence-electron chi connectivity index (χ4n) is 1.42. The van der Waals surface area contributed by atoms with Crippen LogP contribution < -0.4 is 10.5 Å². The van der Waals surface area contributed by atoms with Crippen molar-refractivity contribution in [1.29, 1.82) is 0 Å². The molecule has 0 aromatic carbocycles. The van der Waals surface area contributed by atoms with Crippen LogP contribution in [0.4, 0.5) is 11.5 Å². The maximum absolute atomic E-state index is 12.1. The number of aromatic nitrogens is 2. The summed E-state index contributed by atoms with van der Waals surface area (Å²) >= 11 is 1.07. The molecule has 0 fully saturated rings. The van der Waals surface area contributed by atoms with E-state index in [4.69, 9.17) is 5.73 Å². The Hall–Kier alpha value is -1.54. The number of hydrogen-bond acceptors (Lipinski definition) is 5. The summed E-state index contributed by atoms with van der Waals surface area (Å²) in [6.07, 6.45) is 0. The normalized spacial score (nSPS) is 12.6. The van der Waals surface area contributed by atoms with Crippen molar-refractivity contribution < 1.29 is 8.42 Å². The lowest BCUT2D eigenvalue weighted by atomic mass is 9.92. The van der Waals surface area contributed by atoms with Gasteiger partial charge in [-0.15, -0.1) is 11.3 Å². The third kappa shape index (κ3) is 3.07. The van der Waals surface area contributed by atoms with E-state index < -0.39 is 10.0 Å². The molecule has 0 aliphatic carbocycles. The molecule has 4 N–H and O–H groups in total. The Morgan fingerprint density at radius 3 is 2.53 bits per heavy atom. The predicted molar refractivity (Wildman–Crippen MR) is 76.8 cm³/mol. The lowest BCUT2D eigenvalue weighted by Crippen LogP contribution is -2.12. The largest absolute Gasteiger partial charge is 0.398 e. The summed E-state index contributed by atoms with van der Waals surface area (Å²) in [5.41, 5.74) is 6.70. The van der Waals surface area contributed by atoms with Crippen molar-refractivity contribution >= 4 is 32.9 Å². The van der Waals surface area contributed by atoms with Gasteiger partial charge in [0.15, 0.2) is 5.82 Å². The van der Waals surface area contributed by atoms with E-state index in [0.29, 0.717) is 5.69 Å². The maximum Gasteiger partial charge on any atom is 0.272 e. The lowest BCUT2D eigenvalue weighted by molar-refractivity contribution is 0.567. The highest BCUT2D eigenvalue weighted by molar-refractivity contribution is 7.94. The average molecular weight is 300 g/mol. The third-order valence-electron chi connectivity index (χ3n) is 2.49. The van der Waals surface area contributed by atoms with Gasteiger partial charge in [-0.2, -0.15) is 5.10 Å². The predicted octanol–water partition coefficient (Wildman–Crippen LogP) is 2.15. The molecule has 0 saturated heterocycles. The van der Waals surface area contributed by atoms with Crippen LogP contribution in [-0.2, 0) is 15.4 Å². The first-order chi connectivity index (χ1) is 8.68. The number of rotatable bonds is 3. The van der Waals surface area contributed by atoms with Gasteiger partial charge in [-0.25, -0.2) is 8.42 Å². The van der Waals surface area contributed by atoms with Crippen LogP contribution >= 0.6 is 11.3 Å². The Labute approximate surface area is 116 Å². The molecule has 8 heteroatoms. The van der Waals surface area contributed by atoms with Crippen LogP contribution in [0.3, 0.4) is 0 Å². The SMILES string of the molecule is CC(C)(C)c1cc(NS(=O)(=O)c2cc(N)cs2)n[nH]1. The van der Waals surface area contributed by atoms with Gasteiger partial charge in [-0.3, -0.25) is 9.82 Å². The van der Waals surface area contributed by atoms with Crippen LogP contribution in [0.2, 0.25) is 0 Å². The van der Waals surface area contributed by atoms with Crippen molar-refractivity contribution in [3.05, 3.63) is 23.2 Å². The van der Waals surface area contributed by atoms with Crippen LogP contribution in [0.25, 0.3) is 0 Å². The van der Waals surface area contributed by atoms with Gasteiger partial charge >= 0.3 is 0 Å². The molecule has 0 saturated carbocycles. The average Bonchev–Trinajstić information content (AvgIpc) is 2.85. The van der Waals surface area contributed by atoms with Gasteiger partial charge in [0.2, 0.25) is 0 Å². The number of nitrogens with one attached hydrogen (secondary N) is 2. The minimum Gasteiger partial charge on any atom is -0.398 e. The van der Waals surface area contributed by atoms with Gasteiger partial charge in [-0.05, 0) is 6.07 Å². The second kappa shape index (κ2) is 4.53. The monoisotopic (exact) mass is 300 g/mol. The summed E-state index contributed by atoms with van der Waals surface area (Å²) in [7, 11) is -3.62. The number of H-pyrrole nitrogens is 1. The molecular formula is C11H16N4O2S2. The van der Waals surface area contributed by atoms with Gasteiger partial charge in [0.05, 0.1) is 0 Å². The van der Waals surface area contributed by atoms with Crippen molar-refractivity contribution in [2.45, 2.75) is 30.4 Å². The third-order valence-corrected chi connectivity index (χ3v) is 5.30. The molecule has 0 bridgehead atoms. The van der Waals surface area contributed by atoms with Gasteiger partial charge in [0.25, 0.3) is 10.0 Å². The summed E-state index contributed by atoms with van der Waals surface area (Å²) in [6, 6.07) is 3.11. The molecule has 6 nitrogen and oxygen atoms in total. The quantitative estimate of drug-likeness (QED) is 0.808. The molecule has 0 spiro atoms. The minimum atomic E-state index is -3.62. The first-order valence-electron chi connectivity index (χ1n) is 5.61. The van der Waals surface area contributed by atoms with Crippen LogP contribution in [0.1, 0.15) is 26.5 Å². The molecule has 0 aliphatic heterocycles. The van der Waals surface area contributed by atoms with E-state index in [1.807, 2.05) is 20.8 Å². The Morgan fingerprint density at radius 1 is 1.37 bits per heavy atom. The first kappa shape index (κ1) is 13.9. The molecule has 0 atom stereocenters. The van der Waals surface area contributed by atoms with Gasteiger partial charge in [-0.1, -0.05) is 20.8 Å². The number of aromatic amines is 1. The van der Waals surface area contributed by atoms with Crippen LogP contribution in [-0.4, -0.2) is 18.6 Å². The van der Waals surface area contributed by atoms with Gasteiger partial charge < -0.3 is 5.73 Å². The van der Waals surface area contributed by atoms with E-state index in [2.05, 4.69) is 14.9 Å². The van der Waals surface area contributed by atoms with Crippen LogP contribution in [0, 0.1) is 0 Å². The van der Waals surface area contributed by atoms with E-state index in [9.17, 15) is 8.42 Å². The summed E-state index contributed by atoms with van der Waals surface area (Å²) in [5, 5.41) is 8.37. The topological polar surface area (TPSA) is 101 Å². The Kier molecular flexibility index (Phi) is 3.31. The van der Waals surface area contributed by atoms with Crippen molar-refractivity contribution in [2.75, 3.05) is 10.5 Å². The fraction of sp³-hybridized carbons (Fsp3) is 0.364. The summed E-state index contributed by atoms with van der Waals surface area (Å²) in [4.78, 5) is 0. The smallest absolute Gasteiger partial charge is 0.272 e. The lowest BCUT2D eigenvalue weighted by Gasteiger charge is -2.14. The number of thiophene rings is 1. The second-order valence-electron chi connectivity index (χ2n) is 5.22. The molecule has 2 rings (SSSR count). The van der Waals surface area contributed by atoms with Crippen molar-refractivity contribution in [3.63, 3.8) is 0 Å². The van der Waals surface area contributed by atoms with E-state index in [1.165, 1.54) is 6.07 Å². The standard InChI is InChI=1S/C11H16N4O2S2/c1-11(2,3)8-5-9(14-13-8)15-19(16,17)10-4-7(12)6-18-10/h4-6H,12H2,1-3H3,(H2,13,14,15). The van der Waals surface area contributed by atoms with E-state index in [1.54, 1.807) is 11.4 Å². The molecule has 2 aromatic rings. The molecule has 0 radical (unpaired) electrons. The zero-order valence-electron chi connectivity index (χ0n) is 10.9. The Balaban J connectivity index is 2.24. The zero-order chi connectivity index (χ0) is 14.3. The van der Waals surface area contributed by atoms with Crippen LogP contribution in [0.5, 0.6) is 0 Å². The number of nitrogens with zero attached hydrogens (tertiary/aromatic N) is 1. The van der Waals surface area contributed by atoms with Crippen LogP contribution in [0.15, 0.2) is 21.7 Å². The molecule has 19 heavy (non-hydrogen) atoms. The zero-order valence-corrected chi connectivity index (χ0v) is 12.5. The van der Waals surface area contributed by atoms with E-state index in [-0.39, 0.29) is 15.4 Å². The van der Waals surface area contributed by atoms with Gasteiger partial charge in [0.1, 0.15) is 4.21 Å². The highest BCUT2D eigenvalue weighted by atomic mass is 32.2. The molecule has 0 aliphatic rings. The molecule has 2 heterocycles. The number of anilines is 2. The molecular weight excluding hydrogens is 284 g/mol. The molecule has 0 amide bonds. The molecule has 104 valence electrons. The Bertz CT molecular complexity index is 680. The fourth-order valence-corrected chi connectivity index (χ4v) is 3.49. The van der Waals surface area contributed by atoms with Gasteiger partial charge in [0, 0.05) is 28.2 Å². The highest BCUT2D eigenvalue weighted by Gasteiger charge is 2.21. The summed E-state index contributed by atoms with van der Waals surface area (Å²) in [5.74, 6) is 0.275. The number of nitrogen functional groups attached to an aromatic ring is 1. The minimum absolute atomic E-state index is 0.121. The van der Waals surface area contributed by atoms with Crippen molar-refractivity contribution in [3.8, 4) is 0 Å². The Morgan fingerprint density at radius 2 is 2.05 bits per heavy atom. The molecule has 2 aromatic heterocycles. The van der Waals surface area contributed by atoms with Crippen molar-refractivity contribution in [2.24, 2.45) is 0 Å². The first-order valence-corrected chi connectivity index (χ1v) is 7.97. The maximum atomic E-state index is 12.1. The number of hydrogen-bond donors (Lipinski definition) is 3.